The van der Waals surface area contributed by atoms with Gasteiger partial charge in [-0.15, -0.1) is 0 Å². The van der Waals surface area contributed by atoms with Crippen LogP contribution in [-0.2, 0) is 32.2 Å². The van der Waals surface area contributed by atoms with Crippen molar-refractivity contribution in [3.63, 3.8) is 0 Å². The van der Waals surface area contributed by atoms with Crippen LogP contribution < -0.4 is 86.8 Å². The summed E-state index contributed by atoms with van der Waals surface area (Å²) in [4.78, 5) is 168. The molecule has 13 rings (SSSR count). The zero-order valence-electron chi connectivity index (χ0n) is 66.2. The van der Waals surface area contributed by atoms with Crippen LogP contribution in [0.5, 0.6) is 0 Å². The quantitative estimate of drug-likeness (QED) is 0.0195. The normalized spacial score (nSPS) is 12.1. The van der Waals surface area contributed by atoms with Crippen LogP contribution in [0, 0.1) is 55.4 Å². The molecule has 8 heterocycles. The van der Waals surface area contributed by atoms with E-state index in [9.17, 15) is 53.1 Å². The molecular weight excluding hydrogens is 1480 g/mol. The average molecular weight is 1570 g/mol. The summed E-state index contributed by atoms with van der Waals surface area (Å²) in [5.74, 6) is -0.564. The molecule has 0 saturated heterocycles. The van der Waals surface area contributed by atoms with Crippen molar-refractivity contribution in [2.45, 2.75) is 120 Å². The summed E-state index contributed by atoms with van der Waals surface area (Å²) in [5, 5.41) is 28.5. The topological polar surface area (TPSA) is 467 Å². The summed E-state index contributed by atoms with van der Waals surface area (Å²) >= 11 is 0. The number of likely N-dealkylation sites (N-methyl/N-ethyl adjacent to an activating group) is 1. The molecule has 115 heavy (non-hydrogen) atoms. The number of aromatic nitrogens is 12. The second kappa shape index (κ2) is 37.6. The van der Waals surface area contributed by atoms with Crippen LogP contribution in [0.1, 0.15) is 100 Å². The van der Waals surface area contributed by atoms with Crippen molar-refractivity contribution in [2.24, 2.45) is 15.7 Å². The van der Waals surface area contributed by atoms with Gasteiger partial charge in [-0.3, -0.25) is 43.5 Å². The van der Waals surface area contributed by atoms with Crippen molar-refractivity contribution >= 4 is 99.0 Å². The Bertz CT molecular complexity index is 6110. The highest BCUT2D eigenvalue weighted by Crippen LogP contribution is 2.38. The maximum absolute atomic E-state index is 12.5. The molecule has 0 unspecified atom stereocenters. The minimum atomic E-state index is -0.994. The number of fused-ring (bicyclic) bond motifs is 8. The summed E-state index contributed by atoms with van der Waals surface area (Å²) in [7, 11) is 3.30. The number of aromatic amines is 4. The summed E-state index contributed by atoms with van der Waals surface area (Å²) in [6.07, 6.45) is 3.55. The number of aromatic carboxylic acids is 1. The number of methoxy groups -OCH3 is 1. The lowest BCUT2D eigenvalue weighted by atomic mass is 10.1. The Kier molecular flexibility index (Phi) is 27.6. The van der Waals surface area contributed by atoms with E-state index >= 15 is 0 Å². The van der Waals surface area contributed by atoms with E-state index < -0.39 is 40.5 Å². The number of anilines is 5. The zero-order chi connectivity index (χ0) is 83.2. The van der Waals surface area contributed by atoms with Gasteiger partial charge in [0.25, 0.3) is 22.2 Å². The fourth-order valence-electron chi connectivity index (χ4n) is 12.9. The molecule has 0 fully saturated rings. The van der Waals surface area contributed by atoms with E-state index in [0.29, 0.717) is 136 Å². The maximum Gasteiger partial charge on any atom is 0.349 e. The third-order valence-corrected chi connectivity index (χ3v) is 19.8. The van der Waals surface area contributed by atoms with Crippen molar-refractivity contribution in [1.82, 2.24) is 74.5 Å². The van der Waals surface area contributed by atoms with Crippen LogP contribution in [0.15, 0.2) is 112 Å². The number of Topliss-reactive ketones (excluding diaryl/α,β-unsaturated/α-hetero) is 1. The molecule has 6 aliphatic rings. The van der Waals surface area contributed by atoms with E-state index in [-0.39, 0.29) is 62.3 Å². The van der Waals surface area contributed by atoms with Crippen molar-refractivity contribution in [3.05, 3.63) is 207 Å². The number of para-hydroxylation sites is 1. The molecule has 1 atom stereocenters. The summed E-state index contributed by atoms with van der Waals surface area (Å²) in [6, 6.07) is 21.8. The first kappa shape index (κ1) is 84.5. The molecule has 0 aliphatic carbocycles. The Hall–Kier alpha value is -12.9. The van der Waals surface area contributed by atoms with E-state index in [4.69, 9.17) is 10.8 Å². The molecule has 0 spiro atoms. The van der Waals surface area contributed by atoms with Gasteiger partial charge in [0.05, 0.1) is 57.5 Å². The maximum atomic E-state index is 12.5. The number of aryl methyl sites for hydroxylation is 8. The van der Waals surface area contributed by atoms with Gasteiger partial charge in [-0.05, 0) is 207 Å². The molecule has 7 aromatic rings. The highest BCUT2D eigenvalue weighted by atomic mass is 16.5. The molecule has 0 bridgehead atoms. The number of ketones is 1. The highest BCUT2D eigenvalue weighted by Gasteiger charge is 2.27. The predicted molar refractivity (Wildman–Crippen MR) is 440 cm³/mol. The number of carbonyl (C=O) groups excluding carboxylic acids is 2. The van der Waals surface area contributed by atoms with E-state index in [1.54, 1.807) is 31.2 Å². The number of hydrogen-bond acceptors (Lipinski definition) is 26. The average Bonchev–Trinajstić information content (AvgIpc) is 0.776. The largest absolute Gasteiger partial charge is 0.480 e. The fraction of sp³-hybridized carbons (Fsp3) is 0.358. The number of hydrogen-bond donors (Lipinski definition) is 10. The van der Waals surface area contributed by atoms with E-state index in [1.807, 2.05) is 129 Å². The summed E-state index contributed by atoms with van der Waals surface area (Å²) in [6.45, 7) is 31.6. The van der Waals surface area contributed by atoms with Gasteiger partial charge in [0.1, 0.15) is 22.8 Å². The van der Waals surface area contributed by atoms with Crippen LogP contribution >= 0.6 is 0 Å². The first-order valence-corrected chi connectivity index (χ1v) is 37.5. The van der Waals surface area contributed by atoms with Crippen LogP contribution in [0.3, 0.4) is 0 Å². The van der Waals surface area contributed by atoms with Crippen molar-refractivity contribution in [3.8, 4) is 23.0 Å². The third kappa shape index (κ3) is 20.7. The number of ether oxygens (including phenoxy) is 1. The smallest absolute Gasteiger partial charge is 0.349 e. The Morgan fingerprint density at radius 1 is 0.539 bits per heavy atom. The summed E-state index contributed by atoms with van der Waals surface area (Å²) < 4.78 is 8.32. The SMILES string of the molecule is C=c1nc2c(c(=O)[nH]1)=Nc1cc(C)c(C)cc1N2CCNCCCC[C@H](N)C(=O)O.C=c1nc2c(c(=O)[nH]1)=Nc1cc(C)c(C)cc1N2CCNc1ccccc1C(=O)O.CC(=O)CCN(C)CCn1c2nc(=O)[nH]c(=O)c-2nc2cc(C)c(C)cc21.COC(=O)CCCNCCn1c2nc(=O)[nH]c(=O)c-2nc2cc(C)c(C)cc21. The number of aliphatic carboxylic acids is 1. The number of H-pyrrole nitrogens is 4. The lowest BCUT2D eigenvalue weighted by Gasteiger charge is -2.29. The molecular formula is C81H95N21O13. The zero-order valence-corrected chi connectivity index (χ0v) is 66.2. The minimum Gasteiger partial charge on any atom is -0.480 e. The molecule has 602 valence electrons. The van der Waals surface area contributed by atoms with E-state index in [0.717, 1.165) is 92.0 Å². The van der Waals surface area contributed by atoms with Crippen molar-refractivity contribution in [2.75, 3.05) is 88.2 Å². The van der Waals surface area contributed by atoms with Gasteiger partial charge in [-0.25, -0.2) is 44.3 Å². The standard InChI is InChI=1S/C22H21N5O3.C21H28N6O3.C19H23N5O4.C19H23N5O3/c1-12-10-17-18(11-13(12)2)27(20-19(26-17)21(28)25-14(3)24-20)9-8-23-16-7-5-4-6-15(16)22(29)30;1-12-10-16-17(11-13(12)2)27(19-18(26-16)20(28)25-14(3)24-19)9-8-23-7-5-4-6-15(22)21(29)30;1-11-9-13-14(10-12(11)2)24(8-7-20-6-4-5-15(25)28-3)17-16(21-13)18(26)23-19(27)22-17;1-11-9-14-15(10-12(11)2)24(8-7-23(4)6-5-13(3)25)17-16(20-14)18(26)22-19(27)21-17/h4-7,10-11,23H,3,8-9H2,1-2H3,(H,25,28)(H,29,30);10-11,15,23H,3-9,22H2,1-2H3,(H,25,28)(H,29,30);9-10,20H,4-8H2,1-3H3,(H,23,26,27);9-10H,5-8H2,1-4H3,(H,22,26,27)/t;15-;;/m.0../s1. The number of nitrogens with zero attached hydrogens (tertiary/aromatic N) is 13. The number of rotatable bonds is 27. The molecule has 0 radical (unpaired) electrons. The Morgan fingerprint density at radius 2 is 1.00 bits per heavy atom. The number of carbonyl (C=O) groups is 4. The molecule has 5 aromatic carbocycles. The first-order valence-electron chi connectivity index (χ1n) is 37.5. The van der Waals surface area contributed by atoms with Crippen LogP contribution in [0.4, 0.5) is 40.1 Å². The van der Waals surface area contributed by atoms with Crippen LogP contribution in [0.2, 0.25) is 0 Å². The monoisotopic (exact) mass is 1570 g/mol. The lowest BCUT2D eigenvalue weighted by molar-refractivity contribution is -0.141. The number of nitrogens with two attached hydrogens (primary N) is 1. The predicted octanol–water partition coefficient (Wildman–Crippen LogP) is 4.24. The van der Waals surface area contributed by atoms with Crippen molar-refractivity contribution < 1.29 is 34.1 Å². The second-order valence-corrected chi connectivity index (χ2v) is 28.4. The number of esters is 1. The number of carboxylic acid groups (broad SMARTS) is 2. The molecule has 0 saturated carbocycles. The molecule has 2 aromatic heterocycles. The molecule has 11 N–H and O–H groups in total. The Balaban J connectivity index is 0.000000162. The number of benzene rings is 5. The lowest BCUT2D eigenvalue weighted by Crippen LogP contribution is -2.44. The molecule has 0 amide bonds. The number of carboxylic acids is 2. The highest BCUT2D eigenvalue weighted by molar-refractivity contribution is 5.94. The van der Waals surface area contributed by atoms with Gasteiger partial charge in [0, 0.05) is 77.4 Å². The van der Waals surface area contributed by atoms with E-state index in [2.05, 4.69) is 99.7 Å². The second-order valence-electron chi connectivity index (χ2n) is 28.4. The number of unbranched alkanes of at least 4 members (excludes halogenated alkanes) is 1. The molecule has 34 nitrogen and oxygen atoms in total. The van der Waals surface area contributed by atoms with Gasteiger partial charge in [-0.1, -0.05) is 31.7 Å². The van der Waals surface area contributed by atoms with Gasteiger partial charge >= 0.3 is 29.3 Å². The molecule has 6 aliphatic heterocycles. The van der Waals surface area contributed by atoms with E-state index in [1.165, 1.54) is 7.11 Å². The Labute approximate surface area is 658 Å². The van der Waals surface area contributed by atoms with Gasteiger partial charge in [0.15, 0.2) is 45.4 Å². The van der Waals surface area contributed by atoms with Crippen molar-refractivity contribution in [1.29, 1.82) is 0 Å². The summed E-state index contributed by atoms with van der Waals surface area (Å²) in [5.41, 5.74) is 18.9. The number of nitrogens with one attached hydrogen (secondary N) is 7. The van der Waals surface area contributed by atoms with Gasteiger partial charge in [-0.2, -0.15) is 9.97 Å². The van der Waals surface area contributed by atoms with Crippen LogP contribution in [0.25, 0.3) is 58.3 Å². The van der Waals surface area contributed by atoms with Gasteiger partial charge in [0.2, 0.25) is 0 Å². The molecule has 34 heteroatoms. The van der Waals surface area contributed by atoms with Gasteiger partial charge < -0.3 is 70.4 Å². The first-order chi connectivity index (χ1) is 54.8. The van der Waals surface area contributed by atoms with Crippen LogP contribution in [-0.4, -0.2) is 177 Å². The third-order valence-electron chi connectivity index (χ3n) is 19.8. The minimum absolute atomic E-state index is 0.140. The Morgan fingerprint density at radius 3 is 1.50 bits per heavy atom. The fourth-order valence-corrected chi connectivity index (χ4v) is 12.9.